The third-order valence-electron chi connectivity index (χ3n) is 2.22. The molecule has 0 radical (unpaired) electrons. The molecule has 1 N–H and O–H groups in total. The van der Waals surface area contributed by atoms with E-state index in [1.165, 1.54) is 37.7 Å². The van der Waals surface area contributed by atoms with Crippen LogP contribution in [-0.2, 0) is 4.74 Å². The first-order valence-corrected chi connectivity index (χ1v) is 5.60. The standard InChI is InChI=1S/C12H9ClFN3O2/c1-19-12(18)10-5-15-6-11(17-10)16-9-3-2-7(14)4-8(9)13/h2-6H,1H3,(H,16,17). The van der Waals surface area contributed by atoms with Gasteiger partial charge in [-0.1, -0.05) is 11.6 Å². The molecule has 5 nitrogen and oxygen atoms in total. The number of rotatable bonds is 3. The van der Waals surface area contributed by atoms with E-state index in [-0.39, 0.29) is 10.7 Å². The van der Waals surface area contributed by atoms with E-state index in [1.54, 1.807) is 0 Å². The number of nitrogens with zero attached hydrogens (tertiary/aromatic N) is 2. The third kappa shape index (κ3) is 3.17. The predicted octanol–water partition coefficient (Wildman–Crippen LogP) is 2.80. The fourth-order valence-electron chi connectivity index (χ4n) is 1.36. The van der Waals surface area contributed by atoms with Crippen molar-refractivity contribution in [1.82, 2.24) is 9.97 Å². The highest BCUT2D eigenvalue weighted by atomic mass is 35.5. The average molecular weight is 282 g/mol. The smallest absolute Gasteiger partial charge is 0.358 e. The highest BCUT2D eigenvalue weighted by molar-refractivity contribution is 6.33. The number of hydrogen-bond donors (Lipinski definition) is 1. The molecule has 0 aliphatic carbocycles. The Morgan fingerprint density at radius 2 is 2.21 bits per heavy atom. The van der Waals surface area contributed by atoms with E-state index in [4.69, 9.17) is 11.6 Å². The van der Waals surface area contributed by atoms with Crippen molar-refractivity contribution in [2.75, 3.05) is 12.4 Å². The van der Waals surface area contributed by atoms with Crippen molar-refractivity contribution < 1.29 is 13.9 Å². The van der Waals surface area contributed by atoms with Gasteiger partial charge in [0.25, 0.3) is 0 Å². The van der Waals surface area contributed by atoms with E-state index < -0.39 is 11.8 Å². The summed E-state index contributed by atoms with van der Waals surface area (Å²) in [5.74, 6) is -0.734. The zero-order chi connectivity index (χ0) is 13.8. The average Bonchev–Trinajstić information content (AvgIpc) is 2.41. The topological polar surface area (TPSA) is 64.1 Å². The molecular weight excluding hydrogens is 273 g/mol. The Hall–Kier alpha value is -2.21. The molecule has 19 heavy (non-hydrogen) atoms. The molecule has 1 aromatic heterocycles. The lowest BCUT2D eigenvalue weighted by Crippen LogP contribution is -2.06. The quantitative estimate of drug-likeness (QED) is 0.877. The second-order valence-corrected chi connectivity index (χ2v) is 3.94. The minimum atomic E-state index is -0.596. The van der Waals surface area contributed by atoms with Crippen LogP contribution in [0.25, 0.3) is 0 Å². The maximum atomic E-state index is 12.9. The van der Waals surface area contributed by atoms with Gasteiger partial charge in [0.2, 0.25) is 0 Å². The molecular formula is C12H9ClFN3O2. The summed E-state index contributed by atoms with van der Waals surface area (Å²) in [7, 11) is 1.25. The Labute approximate surface area is 113 Å². The first-order chi connectivity index (χ1) is 9.10. The van der Waals surface area contributed by atoms with Crippen LogP contribution in [0.1, 0.15) is 10.5 Å². The molecule has 0 fully saturated rings. The number of benzene rings is 1. The van der Waals surface area contributed by atoms with Gasteiger partial charge in [0.1, 0.15) is 11.6 Å². The van der Waals surface area contributed by atoms with Crippen LogP contribution in [0.2, 0.25) is 5.02 Å². The van der Waals surface area contributed by atoms with Crippen LogP contribution in [0.3, 0.4) is 0 Å². The molecule has 0 aliphatic heterocycles. The largest absolute Gasteiger partial charge is 0.464 e. The minimum Gasteiger partial charge on any atom is -0.464 e. The van der Waals surface area contributed by atoms with Gasteiger partial charge in [0.05, 0.1) is 30.2 Å². The van der Waals surface area contributed by atoms with Gasteiger partial charge < -0.3 is 10.1 Å². The molecule has 2 aromatic rings. The summed E-state index contributed by atoms with van der Waals surface area (Å²) >= 11 is 5.87. The van der Waals surface area contributed by atoms with E-state index in [9.17, 15) is 9.18 Å². The molecule has 0 saturated heterocycles. The Bertz CT molecular complexity index is 622. The molecule has 0 atom stereocenters. The Morgan fingerprint density at radius 1 is 1.42 bits per heavy atom. The molecule has 1 aromatic carbocycles. The van der Waals surface area contributed by atoms with Crippen molar-refractivity contribution in [2.24, 2.45) is 0 Å². The fourth-order valence-corrected chi connectivity index (χ4v) is 1.57. The fraction of sp³-hybridized carbons (Fsp3) is 0.0833. The van der Waals surface area contributed by atoms with Crippen LogP contribution in [0.4, 0.5) is 15.9 Å². The molecule has 0 spiro atoms. The molecule has 0 saturated carbocycles. The second kappa shape index (κ2) is 5.62. The maximum absolute atomic E-state index is 12.9. The molecule has 0 aliphatic rings. The summed E-state index contributed by atoms with van der Waals surface area (Å²) in [6.45, 7) is 0. The number of nitrogens with one attached hydrogen (secondary N) is 1. The molecule has 0 unspecified atom stereocenters. The number of carbonyl (C=O) groups is 1. The van der Waals surface area contributed by atoms with Gasteiger partial charge in [0.15, 0.2) is 5.69 Å². The number of anilines is 2. The molecule has 98 valence electrons. The number of hydrogen-bond acceptors (Lipinski definition) is 5. The third-order valence-corrected chi connectivity index (χ3v) is 2.54. The summed E-state index contributed by atoms with van der Waals surface area (Å²) in [4.78, 5) is 19.2. The summed E-state index contributed by atoms with van der Waals surface area (Å²) in [5.41, 5.74) is 0.519. The van der Waals surface area contributed by atoms with Gasteiger partial charge in [0, 0.05) is 0 Å². The lowest BCUT2D eigenvalue weighted by Gasteiger charge is -2.08. The number of ether oxygens (including phenoxy) is 1. The molecule has 1 heterocycles. The SMILES string of the molecule is COC(=O)c1cncc(Nc2ccc(F)cc2Cl)n1. The van der Waals surface area contributed by atoms with Crippen LogP contribution in [-0.4, -0.2) is 23.0 Å². The summed E-state index contributed by atoms with van der Waals surface area (Å²) in [6, 6.07) is 3.89. The maximum Gasteiger partial charge on any atom is 0.358 e. The molecule has 2 rings (SSSR count). The lowest BCUT2D eigenvalue weighted by molar-refractivity contribution is 0.0593. The van der Waals surface area contributed by atoms with E-state index in [2.05, 4.69) is 20.0 Å². The molecule has 0 amide bonds. The van der Waals surface area contributed by atoms with Gasteiger partial charge >= 0.3 is 5.97 Å². The van der Waals surface area contributed by atoms with E-state index in [1.807, 2.05) is 0 Å². The van der Waals surface area contributed by atoms with Crippen molar-refractivity contribution >= 4 is 29.1 Å². The van der Waals surface area contributed by atoms with Crippen molar-refractivity contribution in [3.63, 3.8) is 0 Å². The second-order valence-electron chi connectivity index (χ2n) is 3.53. The minimum absolute atomic E-state index is 0.0609. The van der Waals surface area contributed by atoms with E-state index >= 15 is 0 Å². The monoisotopic (exact) mass is 281 g/mol. The van der Waals surface area contributed by atoms with E-state index in [0.717, 1.165) is 0 Å². The van der Waals surface area contributed by atoms with Crippen molar-refractivity contribution in [1.29, 1.82) is 0 Å². The van der Waals surface area contributed by atoms with Crippen LogP contribution in [0.15, 0.2) is 30.6 Å². The Balaban J connectivity index is 2.26. The Kier molecular flexibility index (Phi) is 3.91. The van der Waals surface area contributed by atoms with Crippen LogP contribution < -0.4 is 5.32 Å². The van der Waals surface area contributed by atoms with E-state index in [0.29, 0.717) is 11.5 Å². The zero-order valence-electron chi connectivity index (χ0n) is 9.85. The number of halogens is 2. The summed E-state index contributed by atoms with van der Waals surface area (Å²) in [6.07, 6.45) is 2.69. The number of esters is 1. The molecule has 7 heteroatoms. The van der Waals surface area contributed by atoms with Gasteiger partial charge in [-0.15, -0.1) is 0 Å². The number of methoxy groups -OCH3 is 1. The first kappa shape index (κ1) is 13.2. The van der Waals surface area contributed by atoms with Crippen molar-refractivity contribution in [2.45, 2.75) is 0 Å². The summed E-state index contributed by atoms with van der Waals surface area (Å²) in [5, 5.41) is 3.04. The number of carbonyl (C=O) groups excluding carboxylic acids is 1. The van der Waals surface area contributed by atoms with Crippen LogP contribution >= 0.6 is 11.6 Å². The van der Waals surface area contributed by atoms with Crippen molar-refractivity contribution in [3.8, 4) is 0 Å². The predicted molar refractivity (Wildman–Crippen MR) is 68.1 cm³/mol. The zero-order valence-corrected chi connectivity index (χ0v) is 10.6. The van der Waals surface area contributed by atoms with Crippen LogP contribution in [0.5, 0.6) is 0 Å². The van der Waals surface area contributed by atoms with Gasteiger partial charge in [-0.3, -0.25) is 4.98 Å². The number of aromatic nitrogens is 2. The van der Waals surface area contributed by atoms with Gasteiger partial charge in [-0.2, -0.15) is 0 Å². The lowest BCUT2D eigenvalue weighted by atomic mass is 10.3. The first-order valence-electron chi connectivity index (χ1n) is 5.22. The highest BCUT2D eigenvalue weighted by Crippen LogP contribution is 2.25. The van der Waals surface area contributed by atoms with Gasteiger partial charge in [-0.05, 0) is 18.2 Å². The summed E-state index contributed by atoms with van der Waals surface area (Å²) < 4.78 is 17.4. The van der Waals surface area contributed by atoms with Gasteiger partial charge in [-0.25, -0.2) is 14.2 Å². The Morgan fingerprint density at radius 3 is 2.89 bits per heavy atom. The van der Waals surface area contributed by atoms with Crippen molar-refractivity contribution in [3.05, 3.63) is 47.1 Å². The normalized spacial score (nSPS) is 10.1. The molecule has 0 bridgehead atoms. The highest BCUT2D eigenvalue weighted by Gasteiger charge is 2.09. The van der Waals surface area contributed by atoms with Crippen LogP contribution in [0, 0.1) is 5.82 Å².